The molecule has 1 unspecified atom stereocenters. The van der Waals surface area contributed by atoms with Crippen LogP contribution in [0.3, 0.4) is 0 Å². The van der Waals surface area contributed by atoms with Crippen molar-refractivity contribution in [2.24, 2.45) is 0 Å². The Balaban J connectivity index is 2.14. The van der Waals surface area contributed by atoms with Crippen molar-refractivity contribution in [3.8, 4) is 0 Å². The molecule has 4 heteroatoms. The van der Waals surface area contributed by atoms with Crippen molar-refractivity contribution in [3.63, 3.8) is 0 Å². The van der Waals surface area contributed by atoms with Crippen LogP contribution in [0.15, 0.2) is 36.7 Å². The van der Waals surface area contributed by atoms with E-state index < -0.39 is 0 Å². The zero-order valence-electron chi connectivity index (χ0n) is 10.7. The van der Waals surface area contributed by atoms with Crippen LogP contribution in [-0.2, 0) is 6.54 Å². The summed E-state index contributed by atoms with van der Waals surface area (Å²) in [5.41, 5.74) is 1.93. The van der Waals surface area contributed by atoms with Crippen LogP contribution < -0.4 is 5.32 Å². The lowest BCUT2D eigenvalue weighted by Gasteiger charge is -2.17. The first kappa shape index (κ1) is 12.6. The maximum Gasteiger partial charge on any atom is 0.123 e. The Kier molecular flexibility index (Phi) is 3.97. The molecule has 18 heavy (non-hydrogen) atoms. The number of rotatable bonds is 5. The van der Waals surface area contributed by atoms with Crippen molar-refractivity contribution in [1.82, 2.24) is 9.78 Å². The van der Waals surface area contributed by atoms with Gasteiger partial charge in [0.25, 0.3) is 0 Å². The van der Waals surface area contributed by atoms with E-state index >= 15 is 0 Å². The average molecular weight is 247 g/mol. The Morgan fingerprint density at radius 3 is 2.83 bits per heavy atom. The molecule has 3 nitrogen and oxygen atoms in total. The second-order valence-electron chi connectivity index (χ2n) is 4.24. The molecule has 96 valence electrons. The van der Waals surface area contributed by atoms with Crippen LogP contribution in [0.25, 0.3) is 0 Å². The topological polar surface area (TPSA) is 29.9 Å². The molecule has 0 aliphatic heterocycles. The van der Waals surface area contributed by atoms with Crippen LogP contribution >= 0.6 is 0 Å². The molecule has 1 heterocycles. The van der Waals surface area contributed by atoms with Crippen molar-refractivity contribution in [3.05, 3.63) is 48.0 Å². The minimum Gasteiger partial charge on any atom is -0.376 e. The number of benzene rings is 1. The number of aromatic nitrogens is 2. The van der Waals surface area contributed by atoms with Gasteiger partial charge in [-0.05, 0) is 31.0 Å². The standard InChI is InChI=1S/C14H18FN3/c1-3-14(11-6-5-7-12(15)8-11)17-13-9-16-18(4-2)10-13/h5-10,14,17H,3-4H2,1-2H3. The summed E-state index contributed by atoms with van der Waals surface area (Å²) in [7, 11) is 0. The van der Waals surface area contributed by atoms with Crippen molar-refractivity contribution in [2.45, 2.75) is 32.9 Å². The van der Waals surface area contributed by atoms with Crippen LogP contribution in [0.1, 0.15) is 31.9 Å². The van der Waals surface area contributed by atoms with Crippen LogP contribution in [-0.4, -0.2) is 9.78 Å². The van der Waals surface area contributed by atoms with Crippen LogP contribution in [0.4, 0.5) is 10.1 Å². The number of hydrogen-bond donors (Lipinski definition) is 1. The molecule has 0 radical (unpaired) electrons. The molecular formula is C14H18FN3. The molecule has 0 bridgehead atoms. The largest absolute Gasteiger partial charge is 0.376 e. The van der Waals surface area contributed by atoms with Crippen molar-refractivity contribution in [1.29, 1.82) is 0 Å². The minimum atomic E-state index is -0.197. The number of anilines is 1. The lowest BCUT2D eigenvalue weighted by atomic mass is 10.0. The van der Waals surface area contributed by atoms with E-state index in [0.717, 1.165) is 24.2 Å². The zero-order valence-corrected chi connectivity index (χ0v) is 10.7. The molecule has 0 saturated heterocycles. The lowest BCUT2D eigenvalue weighted by Crippen LogP contribution is -2.09. The maximum atomic E-state index is 13.2. The Morgan fingerprint density at radius 1 is 1.39 bits per heavy atom. The molecular weight excluding hydrogens is 229 g/mol. The summed E-state index contributed by atoms with van der Waals surface area (Å²) in [6, 6.07) is 6.82. The van der Waals surface area contributed by atoms with E-state index in [1.807, 2.05) is 23.9 Å². The van der Waals surface area contributed by atoms with Gasteiger partial charge in [0.05, 0.1) is 17.9 Å². The summed E-state index contributed by atoms with van der Waals surface area (Å²) in [4.78, 5) is 0. The second-order valence-corrected chi connectivity index (χ2v) is 4.24. The molecule has 0 aliphatic rings. The first-order valence-electron chi connectivity index (χ1n) is 6.27. The smallest absolute Gasteiger partial charge is 0.123 e. The Bertz CT molecular complexity index is 507. The highest BCUT2D eigenvalue weighted by Gasteiger charge is 2.10. The molecule has 0 fully saturated rings. The van der Waals surface area contributed by atoms with Gasteiger partial charge >= 0.3 is 0 Å². The molecule has 0 spiro atoms. The van der Waals surface area contributed by atoms with Gasteiger partial charge in [-0.3, -0.25) is 4.68 Å². The highest BCUT2D eigenvalue weighted by Crippen LogP contribution is 2.22. The van der Waals surface area contributed by atoms with Gasteiger partial charge in [0.1, 0.15) is 5.82 Å². The summed E-state index contributed by atoms with van der Waals surface area (Å²) < 4.78 is 15.1. The van der Waals surface area contributed by atoms with Gasteiger partial charge in [0.15, 0.2) is 0 Å². The molecule has 1 N–H and O–H groups in total. The molecule has 1 aromatic heterocycles. The highest BCUT2D eigenvalue weighted by atomic mass is 19.1. The summed E-state index contributed by atoms with van der Waals surface area (Å²) in [5, 5.41) is 7.59. The second kappa shape index (κ2) is 5.67. The summed E-state index contributed by atoms with van der Waals surface area (Å²) >= 11 is 0. The third-order valence-corrected chi connectivity index (χ3v) is 2.96. The molecule has 1 atom stereocenters. The van der Waals surface area contributed by atoms with Gasteiger partial charge in [-0.15, -0.1) is 0 Å². The number of halogens is 1. The van der Waals surface area contributed by atoms with Gasteiger partial charge in [0, 0.05) is 12.7 Å². The van der Waals surface area contributed by atoms with E-state index in [1.165, 1.54) is 6.07 Å². The monoisotopic (exact) mass is 247 g/mol. The van der Waals surface area contributed by atoms with E-state index in [1.54, 1.807) is 18.3 Å². The van der Waals surface area contributed by atoms with E-state index in [2.05, 4.69) is 17.3 Å². The lowest BCUT2D eigenvalue weighted by molar-refractivity contribution is 0.620. The number of nitrogens with one attached hydrogen (secondary N) is 1. The van der Waals surface area contributed by atoms with E-state index in [-0.39, 0.29) is 11.9 Å². The molecule has 1 aromatic carbocycles. The Morgan fingerprint density at radius 2 is 2.22 bits per heavy atom. The first-order chi connectivity index (χ1) is 8.72. The van der Waals surface area contributed by atoms with Crippen molar-refractivity contribution >= 4 is 5.69 Å². The van der Waals surface area contributed by atoms with Crippen LogP contribution in [0.5, 0.6) is 0 Å². The predicted molar refractivity (Wildman–Crippen MR) is 71.0 cm³/mol. The van der Waals surface area contributed by atoms with Gasteiger partial charge < -0.3 is 5.32 Å². The van der Waals surface area contributed by atoms with Crippen LogP contribution in [0, 0.1) is 5.82 Å². The summed E-state index contributed by atoms with van der Waals surface area (Å²) in [6.07, 6.45) is 4.65. The number of hydrogen-bond acceptors (Lipinski definition) is 2. The van der Waals surface area contributed by atoms with Crippen LogP contribution in [0.2, 0.25) is 0 Å². The van der Waals surface area contributed by atoms with E-state index in [9.17, 15) is 4.39 Å². The summed E-state index contributed by atoms with van der Waals surface area (Å²) in [6.45, 7) is 4.96. The van der Waals surface area contributed by atoms with E-state index in [4.69, 9.17) is 0 Å². The predicted octanol–water partition coefficient (Wildman–Crippen LogP) is 3.61. The molecule has 0 saturated carbocycles. The normalized spacial score (nSPS) is 12.4. The number of nitrogens with zero attached hydrogens (tertiary/aromatic N) is 2. The summed E-state index contributed by atoms with van der Waals surface area (Å²) in [5.74, 6) is -0.197. The Hall–Kier alpha value is -1.84. The van der Waals surface area contributed by atoms with Gasteiger partial charge in [-0.1, -0.05) is 19.1 Å². The van der Waals surface area contributed by atoms with Crippen molar-refractivity contribution < 1.29 is 4.39 Å². The highest BCUT2D eigenvalue weighted by molar-refractivity contribution is 5.41. The third kappa shape index (κ3) is 2.88. The van der Waals surface area contributed by atoms with Crippen molar-refractivity contribution in [2.75, 3.05) is 5.32 Å². The SMILES string of the molecule is CCC(Nc1cnn(CC)c1)c1cccc(F)c1. The Labute approximate surface area is 107 Å². The zero-order chi connectivity index (χ0) is 13.0. The molecule has 0 aliphatic carbocycles. The number of aryl methyl sites for hydroxylation is 1. The molecule has 2 rings (SSSR count). The average Bonchev–Trinajstić information content (AvgIpc) is 2.83. The fraction of sp³-hybridized carbons (Fsp3) is 0.357. The van der Waals surface area contributed by atoms with E-state index in [0.29, 0.717) is 0 Å². The fourth-order valence-corrected chi connectivity index (χ4v) is 1.96. The third-order valence-electron chi connectivity index (χ3n) is 2.96. The molecule has 2 aromatic rings. The minimum absolute atomic E-state index is 0.107. The van der Waals surface area contributed by atoms with Gasteiger partial charge in [-0.2, -0.15) is 5.10 Å². The first-order valence-corrected chi connectivity index (χ1v) is 6.27. The van der Waals surface area contributed by atoms with Gasteiger partial charge in [0.2, 0.25) is 0 Å². The maximum absolute atomic E-state index is 13.2. The quantitative estimate of drug-likeness (QED) is 0.874. The fourth-order valence-electron chi connectivity index (χ4n) is 1.96. The van der Waals surface area contributed by atoms with Gasteiger partial charge in [-0.25, -0.2) is 4.39 Å². The molecule has 0 amide bonds.